The number of carbonyl (C=O) groups excluding carboxylic acids is 11. The van der Waals surface area contributed by atoms with E-state index in [-0.39, 0.29) is 0 Å². The molecule has 3 fully saturated rings. The molecule has 0 bridgehead atoms. The smallest absolute Gasteiger partial charge is 0.305 e. The summed E-state index contributed by atoms with van der Waals surface area (Å²) in [6.45, 7) is 9.36. The maximum Gasteiger partial charge on any atom is 0.305 e. The molecule has 27 heteroatoms. The van der Waals surface area contributed by atoms with Crippen LogP contribution in [0.4, 0.5) is 0 Å². The van der Waals surface area contributed by atoms with E-state index in [2.05, 4.69) is 16.0 Å². The Morgan fingerprint density at radius 2 is 0.582 bits per heavy atom. The summed E-state index contributed by atoms with van der Waals surface area (Å²) < 4.78 is 74.9. The van der Waals surface area contributed by atoms with Crippen molar-refractivity contribution in [1.82, 2.24) is 16.0 Å². The van der Waals surface area contributed by atoms with Gasteiger partial charge in [0.05, 0.1) is 0 Å². The zero-order valence-electron chi connectivity index (χ0n) is 38.6. The maximum absolute atomic E-state index is 13.0. The Hall–Kier alpha value is -6.03. The van der Waals surface area contributed by atoms with Crippen molar-refractivity contribution in [2.24, 2.45) is 0 Å². The number of hydrogen-bond acceptors (Lipinski definition) is 24. The lowest BCUT2D eigenvalue weighted by atomic mass is 9.93. The standard InChI is InChI=1S/C40H57N3O24/c1-15(44)41-29-36(60-23(9)52)33(27(13-56-19(5)48)63-38(29)62-25(11)54)66-40-31(43-17(3)46)37(61-24(10)53)34(28(65-40)14-57-20(6)49)67-39-30(42-16(2)45)35(59-22(8)51)32(58-21(7)50)26(64-39)12-55-18(4)47/h26-40H,12-14H2,1-11H3,(H,41,44)(H,42,45)(H,43,46)/t26-,27-,28-,29-,30-,31-,32-,33-,34-,35-,36-,37-,38?,39+,40+/m1/s1. The second kappa shape index (κ2) is 25.2. The van der Waals surface area contributed by atoms with Gasteiger partial charge in [-0.3, -0.25) is 52.7 Å². The van der Waals surface area contributed by atoms with E-state index < -0.39 is 177 Å². The molecule has 0 aromatic carbocycles. The molecule has 3 aliphatic rings. The maximum atomic E-state index is 13.0. The fraction of sp³-hybridized carbons (Fsp3) is 0.725. The van der Waals surface area contributed by atoms with Gasteiger partial charge in [-0.05, 0) is 0 Å². The molecule has 3 saturated heterocycles. The fourth-order valence-corrected chi connectivity index (χ4v) is 7.34. The molecule has 3 aliphatic heterocycles. The first-order valence-electron chi connectivity index (χ1n) is 20.6. The highest BCUT2D eigenvalue weighted by atomic mass is 16.8. The van der Waals surface area contributed by atoms with Crippen molar-refractivity contribution in [1.29, 1.82) is 0 Å². The van der Waals surface area contributed by atoms with E-state index in [1.165, 1.54) is 0 Å². The van der Waals surface area contributed by atoms with Gasteiger partial charge in [0.1, 0.15) is 68.5 Å². The molecular weight excluding hydrogens is 906 g/mol. The molecule has 3 heterocycles. The Labute approximate surface area is 383 Å². The molecule has 27 nitrogen and oxygen atoms in total. The predicted octanol–water partition coefficient (Wildman–Crippen LogP) is -2.58. The molecule has 376 valence electrons. The van der Waals surface area contributed by atoms with E-state index in [4.69, 9.17) is 61.6 Å². The fourth-order valence-electron chi connectivity index (χ4n) is 7.34. The van der Waals surface area contributed by atoms with E-state index in [1.807, 2.05) is 0 Å². The molecule has 0 aromatic rings. The lowest BCUT2D eigenvalue weighted by Crippen LogP contribution is -2.72. The molecule has 0 saturated carbocycles. The van der Waals surface area contributed by atoms with E-state index in [1.54, 1.807) is 0 Å². The molecule has 3 rings (SSSR count). The molecule has 0 radical (unpaired) electrons. The third kappa shape index (κ3) is 17.0. The summed E-state index contributed by atoms with van der Waals surface area (Å²) in [7, 11) is 0. The quantitative estimate of drug-likeness (QED) is 0.0938. The number of hydrogen-bond donors (Lipinski definition) is 3. The van der Waals surface area contributed by atoms with Gasteiger partial charge < -0.3 is 77.5 Å². The van der Waals surface area contributed by atoms with Gasteiger partial charge in [0.25, 0.3) is 0 Å². The highest BCUT2D eigenvalue weighted by Crippen LogP contribution is 2.36. The largest absolute Gasteiger partial charge is 0.463 e. The third-order valence-electron chi connectivity index (χ3n) is 9.47. The lowest BCUT2D eigenvalue weighted by Gasteiger charge is -2.51. The predicted molar refractivity (Wildman–Crippen MR) is 212 cm³/mol. The topological polar surface area (TPSA) is 344 Å². The van der Waals surface area contributed by atoms with Crippen LogP contribution in [-0.2, 0) is 114 Å². The molecule has 3 amide bonds. The summed E-state index contributed by atoms with van der Waals surface area (Å²) >= 11 is 0. The van der Waals surface area contributed by atoms with Crippen LogP contribution in [0.3, 0.4) is 0 Å². The molecule has 15 atom stereocenters. The molecule has 0 aliphatic carbocycles. The third-order valence-corrected chi connectivity index (χ3v) is 9.47. The van der Waals surface area contributed by atoms with Gasteiger partial charge in [0.2, 0.25) is 24.0 Å². The van der Waals surface area contributed by atoms with Crippen molar-refractivity contribution in [2.45, 2.75) is 168 Å². The highest BCUT2D eigenvalue weighted by molar-refractivity contribution is 5.75. The summed E-state index contributed by atoms with van der Waals surface area (Å²) in [5.41, 5.74) is 0. The monoisotopic (exact) mass is 963 g/mol. The minimum absolute atomic E-state index is 0.646. The van der Waals surface area contributed by atoms with Crippen LogP contribution in [-0.4, -0.2) is 177 Å². The van der Waals surface area contributed by atoms with E-state index in [0.717, 1.165) is 76.2 Å². The minimum Gasteiger partial charge on any atom is -0.463 e. The number of ether oxygens (including phenoxy) is 13. The van der Waals surface area contributed by atoms with E-state index >= 15 is 0 Å². The lowest BCUT2D eigenvalue weighted by molar-refractivity contribution is -0.352. The zero-order chi connectivity index (χ0) is 50.4. The average molecular weight is 964 g/mol. The number of carbonyl (C=O) groups is 11. The first-order valence-corrected chi connectivity index (χ1v) is 20.6. The summed E-state index contributed by atoms with van der Waals surface area (Å²) in [5.74, 6) is -9.50. The molecular formula is C40H57N3O24. The molecule has 1 unspecified atom stereocenters. The van der Waals surface area contributed by atoms with Crippen molar-refractivity contribution in [3.63, 3.8) is 0 Å². The number of esters is 8. The summed E-state index contributed by atoms with van der Waals surface area (Å²) in [6.07, 6.45) is -20.3. The normalized spacial score (nSPS) is 31.2. The second-order valence-electron chi connectivity index (χ2n) is 15.3. The number of amides is 3. The highest BCUT2D eigenvalue weighted by Gasteiger charge is 2.58. The van der Waals surface area contributed by atoms with Crippen LogP contribution in [0.15, 0.2) is 0 Å². The number of rotatable bonds is 18. The summed E-state index contributed by atoms with van der Waals surface area (Å²) in [6, 6.07) is -4.82. The minimum atomic E-state index is -1.90. The Kier molecular flexibility index (Phi) is 20.8. The average Bonchev–Trinajstić information content (AvgIpc) is 3.17. The zero-order valence-corrected chi connectivity index (χ0v) is 38.6. The van der Waals surface area contributed by atoms with Crippen LogP contribution >= 0.6 is 0 Å². The molecule has 3 N–H and O–H groups in total. The van der Waals surface area contributed by atoms with Crippen LogP contribution < -0.4 is 16.0 Å². The second-order valence-corrected chi connectivity index (χ2v) is 15.3. The SMILES string of the molecule is CC(=O)N[C@H]1[C@H](O[C@H]2[C@H](OC(C)=O)[C@@H](NC(C)=O)[C@H](O[C@H]3[C@H](OC(C)=O)[C@@H](NC(C)=O)C(OC(C)=O)O[C@@H]3COC(C)=O)O[C@@H]2COC(C)=O)O[C@H](COC(C)=O)[C@@H](OC(C)=O)[C@@H]1OC(C)=O. The van der Waals surface area contributed by atoms with Gasteiger partial charge in [-0.1, -0.05) is 0 Å². The van der Waals surface area contributed by atoms with Gasteiger partial charge in [-0.25, -0.2) is 0 Å². The van der Waals surface area contributed by atoms with Crippen molar-refractivity contribution in [3.05, 3.63) is 0 Å². The van der Waals surface area contributed by atoms with Crippen LogP contribution in [0.1, 0.15) is 76.2 Å². The van der Waals surface area contributed by atoms with E-state index in [0.29, 0.717) is 0 Å². The Morgan fingerprint density at radius 3 is 0.866 bits per heavy atom. The molecule has 0 aromatic heterocycles. The van der Waals surface area contributed by atoms with Gasteiger partial charge >= 0.3 is 47.8 Å². The van der Waals surface area contributed by atoms with Crippen molar-refractivity contribution in [2.75, 3.05) is 19.8 Å². The van der Waals surface area contributed by atoms with Gasteiger partial charge in [0, 0.05) is 76.2 Å². The van der Waals surface area contributed by atoms with Crippen LogP contribution in [0.25, 0.3) is 0 Å². The van der Waals surface area contributed by atoms with Crippen LogP contribution in [0.5, 0.6) is 0 Å². The van der Waals surface area contributed by atoms with Gasteiger partial charge in [-0.15, -0.1) is 0 Å². The van der Waals surface area contributed by atoms with Crippen molar-refractivity contribution < 1.29 is 114 Å². The van der Waals surface area contributed by atoms with E-state index in [9.17, 15) is 52.7 Å². The summed E-state index contributed by atoms with van der Waals surface area (Å²) in [4.78, 5) is 138. The summed E-state index contributed by atoms with van der Waals surface area (Å²) in [5, 5.41) is 7.57. The first kappa shape index (κ1) is 55.3. The first-order chi connectivity index (χ1) is 31.3. The Bertz CT molecular complexity index is 1860. The Balaban J connectivity index is 2.31. The van der Waals surface area contributed by atoms with Crippen LogP contribution in [0, 0.1) is 0 Å². The van der Waals surface area contributed by atoms with Gasteiger partial charge in [0.15, 0.2) is 37.0 Å². The molecule has 0 spiro atoms. The van der Waals surface area contributed by atoms with Crippen molar-refractivity contribution >= 4 is 65.5 Å². The van der Waals surface area contributed by atoms with Crippen LogP contribution in [0.2, 0.25) is 0 Å². The Morgan fingerprint density at radius 1 is 0.328 bits per heavy atom. The molecule has 67 heavy (non-hydrogen) atoms. The number of nitrogens with one attached hydrogen (secondary N) is 3. The van der Waals surface area contributed by atoms with Crippen molar-refractivity contribution in [3.8, 4) is 0 Å². The van der Waals surface area contributed by atoms with Gasteiger partial charge in [-0.2, -0.15) is 0 Å².